The van der Waals surface area contributed by atoms with Gasteiger partial charge in [-0.15, -0.1) is 0 Å². The standard InChI is InChI=1S/C6H14N2O2S/c9-11(10)8-7-6-4-2-1-3-5-6/h6-8H,1-5H2,(H,9,10). The van der Waals surface area contributed by atoms with Gasteiger partial charge in [0.25, 0.3) is 0 Å². The summed E-state index contributed by atoms with van der Waals surface area (Å²) in [6.45, 7) is 0. The molecule has 0 saturated heterocycles. The van der Waals surface area contributed by atoms with E-state index in [1.807, 2.05) is 0 Å². The van der Waals surface area contributed by atoms with Gasteiger partial charge in [0, 0.05) is 6.04 Å². The second-order valence-corrected chi connectivity index (χ2v) is 3.53. The molecule has 1 fully saturated rings. The molecule has 0 amide bonds. The molecule has 1 unspecified atom stereocenters. The Bertz CT molecular complexity index is 137. The summed E-state index contributed by atoms with van der Waals surface area (Å²) < 4.78 is 18.6. The summed E-state index contributed by atoms with van der Waals surface area (Å²) in [4.78, 5) is 2.29. The van der Waals surface area contributed by atoms with Crippen LogP contribution < -0.4 is 10.3 Å². The molecular weight excluding hydrogens is 164 g/mol. The Morgan fingerprint density at radius 1 is 1.27 bits per heavy atom. The van der Waals surface area contributed by atoms with E-state index in [9.17, 15) is 4.21 Å². The van der Waals surface area contributed by atoms with E-state index < -0.39 is 11.3 Å². The van der Waals surface area contributed by atoms with E-state index >= 15 is 0 Å². The highest BCUT2D eigenvalue weighted by atomic mass is 32.2. The molecule has 5 heteroatoms. The van der Waals surface area contributed by atoms with E-state index in [1.54, 1.807) is 0 Å². The molecule has 0 aromatic carbocycles. The number of hydrogen-bond donors (Lipinski definition) is 3. The van der Waals surface area contributed by atoms with Crippen molar-refractivity contribution in [1.82, 2.24) is 10.3 Å². The first-order valence-electron chi connectivity index (χ1n) is 3.91. The fraction of sp³-hybridized carbons (Fsp3) is 1.00. The van der Waals surface area contributed by atoms with Crippen LogP contribution >= 0.6 is 0 Å². The second-order valence-electron chi connectivity index (χ2n) is 2.83. The predicted molar refractivity (Wildman–Crippen MR) is 43.9 cm³/mol. The van der Waals surface area contributed by atoms with Crippen molar-refractivity contribution in [3.63, 3.8) is 0 Å². The lowest BCUT2D eigenvalue weighted by Crippen LogP contribution is -2.42. The van der Waals surface area contributed by atoms with Crippen molar-refractivity contribution in [2.75, 3.05) is 0 Å². The monoisotopic (exact) mass is 178 g/mol. The predicted octanol–water partition coefficient (Wildman–Crippen LogP) is 0.550. The maximum atomic E-state index is 10.2. The first-order chi connectivity index (χ1) is 5.29. The maximum absolute atomic E-state index is 10.2. The van der Waals surface area contributed by atoms with Crippen LogP contribution in [0.5, 0.6) is 0 Å². The molecule has 66 valence electrons. The number of hydrogen-bond acceptors (Lipinski definition) is 2. The minimum absolute atomic E-state index is 0.375. The molecule has 1 rings (SSSR count). The van der Waals surface area contributed by atoms with Crippen molar-refractivity contribution in [3.8, 4) is 0 Å². The smallest absolute Gasteiger partial charge is 0.245 e. The zero-order chi connectivity index (χ0) is 8.10. The molecule has 4 nitrogen and oxygen atoms in total. The maximum Gasteiger partial charge on any atom is 0.245 e. The molecule has 0 bridgehead atoms. The summed E-state index contributed by atoms with van der Waals surface area (Å²) in [5.74, 6) is 0. The average molecular weight is 178 g/mol. The first-order valence-corrected chi connectivity index (χ1v) is 5.02. The van der Waals surface area contributed by atoms with Crippen molar-refractivity contribution in [2.24, 2.45) is 0 Å². The molecule has 1 aliphatic carbocycles. The van der Waals surface area contributed by atoms with Gasteiger partial charge >= 0.3 is 0 Å². The van der Waals surface area contributed by atoms with E-state index in [1.165, 1.54) is 19.3 Å². The molecule has 1 saturated carbocycles. The van der Waals surface area contributed by atoms with Gasteiger partial charge < -0.3 is 0 Å². The Morgan fingerprint density at radius 2 is 1.91 bits per heavy atom. The second kappa shape index (κ2) is 4.82. The molecule has 11 heavy (non-hydrogen) atoms. The molecule has 1 aliphatic rings. The lowest BCUT2D eigenvalue weighted by atomic mass is 9.96. The van der Waals surface area contributed by atoms with Gasteiger partial charge in [0.15, 0.2) is 0 Å². The summed E-state index contributed by atoms with van der Waals surface area (Å²) in [6.07, 6.45) is 5.93. The van der Waals surface area contributed by atoms with Crippen molar-refractivity contribution in [1.29, 1.82) is 0 Å². The fourth-order valence-electron chi connectivity index (χ4n) is 1.38. The van der Waals surface area contributed by atoms with Gasteiger partial charge in [0.2, 0.25) is 11.3 Å². The van der Waals surface area contributed by atoms with Crippen molar-refractivity contribution in [2.45, 2.75) is 38.1 Å². The van der Waals surface area contributed by atoms with Gasteiger partial charge in [-0.1, -0.05) is 19.3 Å². The third-order valence-corrected chi connectivity index (χ3v) is 2.25. The Balaban J connectivity index is 2.09. The van der Waals surface area contributed by atoms with Crippen molar-refractivity contribution >= 4 is 11.3 Å². The first kappa shape index (κ1) is 9.12. The Hall–Kier alpha value is 0.0300. The molecule has 0 aromatic heterocycles. The topological polar surface area (TPSA) is 61.4 Å². The van der Waals surface area contributed by atoms with Gasteiger partial charge in [-0.3, -0.25) is 4.55 Å². The third kappa shape index (κ3) is 3.81. The molecule has 0 spiro atoms. The lowest BCUT2D eigenvalue weighted by molar-refractivity contribution is 0.359. The van der Waals surface area contributed by atoms with Crippen LogP contribution in [0.15, 0.2) is 0 Å². The molecule has 0 heterocycles. The summed E-state index contributed by atoms with van der Waals surface area (Å²) in [7, 11) is 0. The normalized spacial score (nSPS) is 23.4. The van der Waals surface area contributed by atoms with Gasteiger partial charge in [-0.2, -0.15) is 4.83 Å². The summed E-state index contributed by atoms with van der Waals surface area (Å²) in [6, 6.07) is 0.375. The van der Waals surface area contributed by atoms with Crippen LogP contribution in [-0.4, -0.2) is 14.8 Å². The van der Waals surface area contributed by atoms with Crippen molar-refractivity contribution in [3.05, 3.63) is 0 Å². The minimum atomic E-state index is -1.93. The fourth-order valence-corrected chi connectivity index (χ4v) is 1.65. The quantitative estimate of drug-likeness (QED) is 0.437. The number of rotatable bonds is 3. The van der Waals surface area contributed by atoms with E-state index in [0.717, 1.165) is 12.8 Å². The number of hydrazine groups is 1. The number of nitrogens with one attached hydrogen (secondary N) is 2. The molecule has 0 aromatic rings. The molecule has 3 N–H and O–H groups in total. The van der Waals surface area contributed by atoms with Crippen molar-refractivity contribution < 1.29 is 8.76 Å². The van der Waals surface area contributed by atoms with E-state index in [-0.39, 0.29) is 0 Å². The van der Waals surface area contributed by atoms with Crippen LogP contribution in [0.2, 0.25) is 0 Å². The Morgan fingerprint density at radius 3 is 2.45 bits per heavy atom. The van der Waals surface area contributed by atoms with Crippen LogP contribution in [0.4, 0.5) is 0 Å². The van der Waals surface area contributed by atoms with E-state index in [0.29, 0.717) is 6.04 Å². The van der Waals surface area contributed by atoms with E-state index in [2.05, 4.69) is 10.3 Å². The largest absolute Gasteiger partial charge is 0.293 e. The summed E-state index contributed by atoms with van der Waals surface area (Å²) >= 11 is -1.93. The van der Waals surface area contributed by atoms with Gasteiger partial charge in [-0.25, -0.2) is 9.63 Å². The molecule has 0 radical (unpaired) electrons. The minimum Gasteiger partial charge on any atom is -0.293 e. The van der Waals surface area contributed by atoms with Crippen LogP contribution in [0.25, 0.3) is 0 Å². The zero-order valence-corrected chi connectivity index (χ0v) is 7.19. The van der Waals surface area contributed by atoms with E-state index in [4.69, 9.17) is 4.55 Å². The SMILES string of the molecule is O=S(O)NNC1CCCCC1. The Kier molecular flexibility index (Phi) is 3.99. The zero-order valence-electron chi connectivity index (χ0n) is 6.38. The Labute approximate surface area is 69.1 Å². The van der Waals surface area contributed by atoms with Gasteiger partial charge in [0.1, 0.15) is 0 Å². The van der Waals surface area contributed by atoms with Gasteiger partial charge in [-0.05, 0) is 12.8 Å². The van der Waals surface area contributed by atoms with Crippen LogP contribution in [-0.2, 0) is 11.3 Å². The van der Waals surface area contributed by atoms with Gasteiger partial charge in [0.05, 0.1) is 0 Å². The molecular formula is C6H14N2O2S. The molecule has 1 atom stereocenters. The van der Waals surface area contributed by atoms with Crippen LogP contribution in [0.3, 0.4) is 0 Å². The summed E-state index contributed by atoms with van der Waals surface area (Å²) in [5.41, 5.74) is 2.82. The highest BCUT2D eigenvalue weighted by molar-refractivity contribution is 7.77. The highest BCUT2D eigenvalue weighted by Crippen LogP contribution is 2.16. The summed E-state index contributed by atoms with van der Waals surface area (Å²) in [5, 5.41) is 0. The average Bonchev–Trinajstić information content (AvgIpc) is 2.03. The lowest BCUT2D eigenvalue weighted by Gasteiger charge is -2.21. The molecule has 0 aliphatic heterocycles. The van der Waals surface area contributed by atoms with Crippen LogP contribution in [0, 0.1) is 0 Å². The highest BCUT2D eigenvalue weighted by Gasteiger charge is 2.12. The third-order valence-electron chi connectivity index (χ3n) is 1.96. The van der Waals surface area contributed by atoms with Crippen LogP contribution in [0.1, 0.15) is 32.1 Å².